The van der Waals surface area contributed by atoms with E-state index in [4.69, 9.17) is 20.1 Å². The molecule has 2 aliphatic rings. The van der Waals surface area contributed by atoms with Crippen LogP contribution in [0.25, 0.3) is 101 Å². The molecule has 0 saturated heterocycles. The number of rotatable bonds is 8. The summed E-state index contributed by atoms with van der Waals surface area (Å²) in [6, 6.07) is 73.1. The van der Waals surface area contributed by atoms with E-state index in [9.17, 15) is 0 Å². The van der Waals surface area contributed by atoms with Crippen LogP contribution >= 0.6 is 0 Å². The maximum Gasteiger partial charge on any atom is 0.259 e. The molecule has 0 spiro atoms. The van der Waals surface area contributed by atoms with Gasteiger partial charge in [-0.25, -0.2) is 4.98 Å². The summed E-state index contributed by atoms with van der Waals surface area (Å²) >= 11 is 0. The van der Waals surface area contributed by atoms with Crippen molar-refractivity contribution in [3.8, 4) is 101 Å². The summed E-state index contributed by atoms with van der Waals surface area (Å²) in [5.74, 6) is 0. The van der Waals surface area contributed by atoms with Crippen molar-refractivity contribution in [3.63, 3.8) is 0 Å². The molecular weight excluding hydrogens is 791 g/mol. The van der Waals surface area contributed by atoms with Gasteiger partial charge < -0.3 is 0 Å². The molecule has 0 bridgehead atoms. The third kappa shape index (κ3) is 6.96. The van der Waals surface area contributed by atoms with Crippen LogP contribution in [0.1, 0.15) is 11.6 Å². The summed E-state index contributed by atoms with van der Waals surface area (Å²) in [6.07, 6.45) is 10.1. The standard InChI is InChI=1S/C60H40N5/c1-3-15-40(16-4-1)56-29-27-42(37-61-56)48-19-7-9-21-50(48)44-33-45(51-22-10-8-20-49(51)43-28-30-57(62-38-43)41-17-5-2-6-18-41)35-46(34-44)52-23-11-12-24-53(52)47-36-59-60(63-39-47)55-26-14-13-25-54(55)58-31-32-64-65(58)59/h1-39,58H/q+1. The molecule has 304 valence electrons. The molecular formula is C60H40N5+. The highest BCUT2D eigenvalue weighted by Crippen LogP contribution is 2.48. The average Bonchev–Trinajstić information content (AvgIpc) is 3.90. The molecule has 1 unspecified atom stereocenters. The Morgan fingerprint density at radius 3 is 1.22 bits per heavy atom. The monoisotopic (exact) mass is 830 g/mol. The Morgan fingerprint density at radius 1 is 0.323 bits per heavy atom. The maximum atomic E-state index is 5.16. The first-order valence-electron chi connectivity index (χ1n) is 22.0. The summed E-state index contributed by atoms with van der Waals surface area (Å²) in [6.45, 7) is 0. The van der Waals surface area contributed by atoms with Crippen LogP contribution in [0.3, 0.4) is 0 Å². The fourth-order valence-electron chi connectivity index (χ4n) is 9.47. The van der Waals surface area contributed by atoms with Gasteiger partial charge in [0.05, 0.1) is 17.6 Å². The van der Waals surface area contributed by atoms with Crippen molar-refractivity contribution in [3.05, 3.63) is 243 Å². The predicted molar refractivity (Wildman–Crippen MR) is 263 cm³/mol. The number of pyridine rings is 3. The summed E-state index contributed by atoms with van der Waals surface area (Å²) < 4.78 is 2.10. The van der Waals surface area contributed by atoms with E-state index < -0.39 is 0 Å². The third-order valence-corrected chi connectivity index (χ3v) is 12.6. The number of hydrogen-bond acceptors (Lipinski definition) is 4. The molecule has 65 heavy (non-hydrogen) atoms. The highest BCUT2D eigenvalue weighted by molar-refractivity contribution is 5.94. The van der Waals surface area contributed by atoms with Crippen molar-refractivity contribution in [2.45, 2.75) is 6.04 Å². The number of benzene rings is 7. The second-order valence-electron chi connectivity index (χ2n) is 16.5. The van der Waals surface area contributed by atoms with E-state index in [2.05, 4.69) is 205 Å². The fourth-order valence-corrected chi connectivity index (χ4v) is 9.47. The van der Waals surface area contributed by atoms with Gasteiger partial charge in [-0.1, -0.05) is 175 Å². The van der Waals surface area contributed by atoms with Crippen LogP contribution in [0.15, 0.2) is 242 Å². The maximum absolute atomic E-state index is 5.16. The second-order valence-corrected chi connectivity index (χ2v) is 16.5. The predicted octanol–water partition coefficient (Wildman–Crippen LogP) is 15.6. The number of aromatic nitrogens is 3. The first-order chi connectivity index (χ1) is 32.2. The van der Waals surface area contributed by atoms with Gasteiger partial charge in [-0.15, -0.1) is 0 Å². The highest BCUT2D eigenvalue weighted by atomic mass is 15.3. The van der Waals surface area contributed by atoms with Gasteiger partial charge in [-0.05, 0) is 85.5 Å². The molecule has 10 aromatic rings. The van der Waals surface area contributed by atoms with E-state index in [1.54, 1.807) is 0 Å². The van der Waals surface area contributed by atoms with Crippen LogP contribution in [0.5, 0.6) is 0 Å². The summed E-state index contributed by atoms with van der Waals surface area (Å²) in [7, 11) is 0. The van der Waals surface area contributed by atoms with E-state index in [0.29, 0.717) is 0 Å². The van der Waals surface area contributed by atoms with Gasteiger partial charge in [0.1, 0.15) is 5.69 Å². The van der Waals surface area contributed by atoms with Crippen LogP contribution in [0, 0.1) is 0 Å². The van der Waals surface area contributed by atoms with Gasteiger partial charge in [0.2, 0.25) is 6.04 Å². The van der Waals surface area contributed by atoms with Crippen molar-refractivity contribution < 1.29 is 4.70 Å². The smallest absolute Gasteiger partial charge is 0.256 e. The van der Waals surface area contributed by atoms with Gasteiger partial charge in [0.15, 0.2) is 0 Å². The molecule has 7 aromatic carbocycles. The number of fused-ring (bicyclic) bond motifs is 6. The zero-order valence-electron chi connectivity index (χ0n) is 35.3. The molecule has 5 nitrogen and oxygen atoms in total. The van der Waals surface area contributed by atoms with Crippen LogP contribution in [0.4, 0.5) is 5.69 Å². The molecule has 0 N–H and O–H groups in total. The highest BCUT2D eigenvalue weighted by Gasteiger charge is 2.39. The Morgan fingerprint density at radius 2 is 0.738 bits per heavy atom. The lowest BCUT2D eigenvalue weighted by Crippen LogP contribution is -2.15. The van der Waals surface area contributed by atoms with Crippen LogP contribution in [-0.2, 0) is 0 Å². The Balaban J connectivity index is 1.02. The molecule has 0 aliphatic carbocycles. The summed E-state index contributed by atoms with van der Waals surface area (Å²) in [5.41, 5.74) is 21.5. The zero-order chi connectivity index (χ0) is 43.1. The molecule has 0 saturated carbocycles. The van der Waals surface area contributed by atoms with Crippen LogP contribution in [-0.4, -0.2) is 19.6 Å². The lowest BCUT2D eigenvalue weighted by Gasteiger charge is -2.20. The van der Waals surface area contributed by atoms with Crippen molar-refractivity contribution in [2.24, 2.45) is 5.11 Å². The number of hydrogen-bond donors (Lipinski definition) is 0. The molecule has 3 aromatic heterocycles. The van der Waals surface area contributed by atoms with Crippen molar-refractivity contribution in [1.82, 2.24) is 15.0 Å². The molecule has 0 amide bonds. The molecule has 12 rings (SSSR count). The molecule has 2 aliphatic heterocycles. The van der Waals surface area contributed by atoms with Crippen molar-refractivity contribution in [2.75, 3.05) is 0 Å². The number of nitrogens with zero attached hydrogens (tertiary/aromatic N) is 5. The van der Waals surface area contributed by atoms with E-state index >= 15 is 0 Å². The van der Waals surface area contributed by atoms with Gasteiger partial charge in [-0.2, -0.15) is 0 Å². The van der Waals surface area contributed by atoms with E-state index in [-0.39, 0.29) is 6.04 Å². The summed E-state index contributed by atoms with van der Waals surface area (Å²) in [4.78, 5) is 15.0. The second kappa shape index (κ2) is 16.2. The van der Waals surface area contributed by atoms with Gasteiger partial charge in [0.25, 0.3) is 5.69 Å². The van der Waals surface area contributed by atoms with Gasteiger partial charge in [0, 0.05) is 69.7 Å². The normalized spacial score (nSPS) is 13.4. The Bertz CT molecular complexity index is 3320. The summed E-state index contributed by atoms with van der Waals surface area (Å²) in [5, 5.41) is 4.81. The minimum absolute atomic E-state index is 0.0415. The molecule has 1 atom stereocenters. The topological polar surface area (TPSA) is 54.0 Å². The van der Waals surface area contributed by atoms with Crippen LogP contribution < -0.4 is 0 Å². The van der Waals surface area contributed by atoms with Crippen LogP contribution in [0.2, 0.25) is 0 Å². The Hall–Kier alpha value is -8.67. The largest absolute Gasteiger partial charge is 0.259 e. The molecule has 0 fully saturated rings. The number of azo groups is 2. The minimum atomic E-state index is 0.0415. The first-order valence-corrected chi connectivity index (χ1v) is 22.0. The minimum Gasteiger partial charge on any atom is -0.256 e. The lowest BCUT2D eigenvalue weighted by atomic mass is 9.86. The first kappa shape index (κ1) is 38.0. The fraction of sp³-hybridized carbons (Fsp3) is 0.0167. The third-order valence-electron chi connectivity index (χ3n) is 12.6. The lowest BCUT2D eigenvalue weighted by molar-refractivity contribution is -0.537. The zero-order valence-corrected chi connectivity index (χ0v) is 35.3. The SMILES string of the molecule is C1=CC2c3ccccc3-c3ncc(-c4ccccc4-c4cc(-c5ccccc5-c5ccc(-c6ccccc6)nc5)cc(-c5ccccc5-c5ccc(-c6ccccc6)nc5)c4)cc3[N+]2=N1. The molecule has 5 heterocycles. The van der Waals surface area contributed by atoms with E-state index in [1.807, 2.05) is 36.9 Å². The van der Waals surface area contributed by atoms with E-state index in [1.165, 1.54) is 5.56 Å². The Kier molecular flexibility index (Phi) is 9.50. The quantitative estimate of drug-likeness (QED) is 0.143. The Labute approximate surface area is 378 Å². The van der Waals surface area contributed by atoms with Crippen molar-refractivity contribution in [1.29, 1.82) is 0 Å². The van der Waals surface area contributed by atoms with Gasteiger partial charge >= 0.3 is 0 Å². The molecule has 0 radical (unpaired) electrons. The van der Waals surface area contributed by atoms with E-state index in [0.717, 1.165) is 106 Å². The van der Waals surface area contributed by atoms with Crippen molar-refractivity contribution >= 4 is 5.69 Å². The molecule has 5 heteroatoms. The average molecular weight is 831 g/mol. The van der Waals surface area contributed by atoms with Gasteiger partial charge in [-0.3, -0.25) is 9.97 Å².